The van der Waals surface area contributed by atoms with Crippen molar-refractivity contribution in [3.05, 3.63) is 143 Å². The van der Waals surface area contributed by atoms with Crippen LogP contribution in [0.4, 0.5) is 23.2 Å². The van der Waals surface area contributed by atoms with Crippen LogP contribution in [-0.2, 0) is 59.5 Å². The first kappa shape index (κ1) is 48.4. The summed E-state index contributed by atoms with van der Waals surface area (Å²) in [6, 6.07) is 30.3. The second-order valence-electron chi connectivity index (χ2n) is 18.4. The number of nitrogens with zero attached hydrogens (tertiary/aromatic N) is 2. The zero-order valence-electron chi connectivity index (χ0n) is 37.7. The second-order valence-corrected chi connectivity index (χ2v) is 18.4. The maximum atomic E-state index is 13.7. The minimum atomic E-state index is -0.744. The molecule has 3 fully saturated rings. The van der Waals surface area contributed by atoms with E-state index < -0.39 is 71.3 Å². The molecule has 348 valence electrons. The number of carbonyl (C=O) groups excluding carboxylic acids is 4. The average molecular weight is 900 g/mol. The first-order valence-electron chi connectivity index (χ1n) is 21.8. The number of cyclic esters (lactones) is 1. The number of rotatable bonds is 12. The third-order valence-electron chi connectivity index (χ3n) is 10.7. The molecular weight excluding hydrogens is 841 g/mol. The van der Waals surface area contributed by atoms with Gasteiger partial charge in [0.15, 0.2) is 0 Å². The van der Waals surface area contributed by atoms with Gasteiger partial charge in [-0.1, -0.05) is 91.0 Å². The smallest absolute Gasteiger partial charge is 0.411 e. The number of hydrogen-bond donors (Lipinski definition) is 1. The van der Waals surface area contributed by atoms with Gasteiger partial charge in [-0.3, -0.25) is 9.80 Å². The summed E-state index contributed by atoms with van der Waals surface area (Å²) in [5.41, 5.74) is 1.94. The number of hydrogen-bond acceptors (Lipinski definition) is 10. The summed E-state index contributed by atoms with van der Waals surface area (Å²) in [5, 5.41) is 2.72. The Kier molecular flexibility index (Phi) is 16.2. The maximum Gasteiger partial charge on any atom is 0.411 e. The molecule has 1 N–H and O–H groups in total. The molecule has 3 heterocycles. The summed E-state index contributed by atoms with van der Waals surface area (Å²) in [6.45, 7) is 12.2. The molecule has 0 saturated carbocycles. The Labute approximate surface area is 379 Å². The number of esters is 1. The lowest BCUT2D eigenvalue weighted by Gasteiger charge is -2.32. The standard InChI is InChI=1S/C26H30F2N2O5.C24H29NO5/c1-26(2,3)35-25(32)30-14-20(33-15-16-7-5-4-6-8-16)13-22(30)23-21(29-24(31)34-23)11-17-9-18(27)12-19(28)10-17;1-24(2,3)30-23(27)25-15-20(28-16-18-10-6-4-7-11-18)14-21(25)22(26)29-17-19-12-8-5-9-13-19/h4-10,12,20-23H,11,13-15H2,1-3H3,(H,29,31);4-13,20-21H,14-17H2,1-3H3/t20-,21+,22-,23+;20-,21-/m11/s1. The fourth-order valence-corrected chi connectivity index (χ4v) is 7.82. The van der Waals surface area contributed by atoms with Crippen molar-refractivity contribution in [3.8, 4) is 0 Å². The Hall–Kier alpha value is -6.06. The summed E-state index contributed by atoms with van der Waals surface area (Å²) in [4.78, 5) is 53.7. The fourth-order valence-electron chi connectivity index (χ4n) is 7.82. The third-order valence-corrected chi connectivity index (χ3v) is 10.7. The van der Waals surface area contributed by atoms with Gasteiger partial charge in [0.05, 0.1) is 50.6 Å². The predicted octanol–water partition coefficient (Wildman–Crippen LogP) is 8.90. The van der Waals surface area contributed by atoms with Gasteiger partial charge in [-0.2, -0.15) is 0 Å². The molecule has 4 aromatic rings. The second kappa shape index (κ2) is 21.7. The zero-order chi connectivity index (χ0) is 46.7. The van der Waals surface area contributed by atoms with Crippen LogP contribution in [0.5, 0.6) is 0 Å². The van der Waals surface area contributed by atoms with Crippen molar-refractivity contribution in [2.45, 2.75) is 128 Å². The lowest BCUT2D eigenvalue weighted by molar-refractivity contribution is -0.150. The Balaban J connectivity index is 0.000000218. The zero-order valence-corrected chi connectivity index (χ0v) is 37.7. The van der Waals surface area contributed by atoms with E-state index in [4.69, 9.17) is 28.4 Å². The lowest BCUT2D eigenvalue weighted by Crippen LogP contribution is -2.50. The van der Waals surface area contributed by atoms with Gasteiger partial charge in [0.25, 0.3) is 0 Å². The Bertz CT molecular complexity index is 2180. The number of alkyl carbamates (subject to hydrolysis) is 1. The van der Waals surface area contributed by atoms with E-state index in [-0.39, 0.29) is 38.3 Å². The Morgan fingerprint density at radius 3 is 1.62 bits per heavy atom. The highest BCUT2D eigenvalue weighted by Gasteiger charge is 2.49. The number of benzene rings is 4. The molecule has 3 amide bonds. The molecule has 7 rings (SSSR count). The molecule has 3 aliphatic rings. The van der Waals surface area contributed by atoms with Crippen LogP contribution in [0.1, 0.15) is 76.6 Å². The van der Waals surface area contributed by atoms with Crippen LogP contribution in [0.15, 0.2) is 109 Å². The molecule has 0 unspecified atom stereocenters. The topological polar surface area (TPSA) is 142 Å². The molecule has 0 bridgehead atoms. The van der Waals surface area contributed by atoms with E-state index in [1.807, 2.05) is 91.0 Å². The van der Waals surface area contributed by atoms with Gasteiger partial charge in [-0.25, -0.2) is 28.0 Å². The van der Waals surface area contributed by atoms with Gasteiger partial charge in [0, 0.05) is 12.5 Å². The predicted molar refractivity (Wildman–Crippen MR) is 236 cm³/mol. The van der Waals surface area contributed by atoms with Gasteiger partial charge >= 0.3 is 24.2 Å². The van der Waals surface area contributed by atoms with Gasteiger partial charge < -0.3 is 33.7 Å². The van der Waals surface area contributed by atoms with E-state index in [0.717, 1.165) is 22.8 Å². The van der Waals surface area contributed by atoms with Gasteiger partial charge in [-0.15, -0.1) is 0 Å². The van der Waals surface area contributed by atoms with Crippen LogP contribution >= 0.6 is 0 Å². The van der Waals surface area contributed by atoms with Crippen molar-refractivity contribution in [2.24, 2.45) is 0 Å². The van der Waals surface area contributed by atoms with Gasteiger partial charge in [0.1, 0.15) is 41.6 Å². The summed E-state index contributed by atoms with van der Waals surface area (Å²) >= 11 is 0. The Morgan fingerprint density at radius 2 is 1.11 bits per heavy atom. The lowest BCUT2D eigenvalue weighted by atomic mass is 9.95. The molecule has 65 heavy (non-hydrogen) atoms. The van der Waals surface area contributed by atoms with Crippen LogP contribution in [0.2, 0.25) is 0 Å². The number of ether oxygens (including phenoxy) is 6. The summed E-state index contributed by atoms with van der Waals surface area (Å²) in [7, 11) is 0. The van der Waals surface area contributed by atoms with Crippen molar-refractivity contribution < 1.29 is 56.4 Å². The molecule has 0 radical (unpaired) electrons. The van der Waals surface area contributed by atoms with Crippen LogP contribution < -0.4 is 5.32 Å². The number of nitrogens with one attached hydrogen (secondary N) is 1. The van der Waals surface area contributed by atoms with E-state index in [1.54, 1.807) is 41.5 Å². The van der Waals surface area contributed by atoms with E-state index >= 15 is 0 Å². The Morgan fingerprint density at radius 1 is 0.646 bits per heavy atom. The summed E-state index contributed by atoms with van der Waals surface area (Å²) < 4.78 is 61.7. The molecule has 3 aliphatic heterocycles. The fraction of sp³-hybridized carbons (Fsp3) is 0.440. The molecule has 6 atom stereocenters. The van der Waals surface area contributed by atoms with Crippen molar-refractivity contribution in [1.82, 2.24) is 15.1 Å². The molecule has 13 nitrogen and oxygen atoms in total. The molecule has 15 heteroatoms. The number of amides is 3. The van der Waals surface area contributed by atoms with E-state index in [9.17, 15) is 28.0 Å². The van der Waals surface area contributed by atoms with Crippen molar-refractivity contribution in [3.63, 3.8) is 0 Å². The first-order chi connectivity index (χ1) is 30.9. The van der Waals surface area contributed by atoms with Crippen LogP contribution in [0.25, 0.3) is 0 Å². The van der Waals surface area contributed by atoms with Crippen LogP contribution in [0.3, 0.4) is 0 Å². The SMILES string of the molecule is CC(C)(C)OC(=O)N1C[C@H](OCc2ccccc2)C[C@@H]1C(=O)OCc1ccccc1.CC(C)(C)OC(=O)N1C[C@H](OCc2ccccc2)C[C@@H]1[C@H]1OC(=O)N[C@H]1Cc1cc(F)cc(F)c1. The molecule has 4 aromatic carbocycles. The minimum Gasteiger partial charge on any atom is -0.459 e. The monoisotopic (exact) mass is 899 g/mol. The quantitative estimate of drug-likeness (QED) is 0.108. The molecule has 0 spiro atoms. The van der Waals surface area contributed by atoms with Gasteiger partial charge in [0.2, 0.25) is 0 Å². The normalized spacial score (nSPS) is 21.8. The number of halogens is 2. The highest BCUT2D eigenvalue weighted by atomic mass is 19.1. The highest BCUT2D eigenvalue weighted by Crippen LogP contribution is 2.32. The maximum absolute atomic E-state index is 13.7. The summed E-state index contributed by atoms with van der Waals surface area (Å²) in [5.74, 6) is -1.85. The van der Waals surface area contributed by atoms with E-state index in [0.29, 0.717) is 31.6 Å². The summed E-state index contributed by atoms with van der Waals surface area (Å²) in [6.07, 6.45) is -2.10. The van der Waals surface area contributed by atoms with Gasteiger partial charge in [-0.05, 0) is 88.8 Å². The van der Waals surface area contributed by atoms with Crippen molar-refractivity contribution in [1.29, 1.82) is 0 Å². The average Bonchev–Trinajstić information content (AvgIpc) is 3.98. The first-order valence-corrected chi connectivity index (χ1v) is 21.8. The minimum absolute atomic E-state index is 0.138. The van der Waals surface area contributed by atoms with Crippen molar-refractivity contribution >= 4 is 24.2 Å². The number of likely N-dealkylation sites (tertiary alicyclic amines) is 2. The molecule has 0 aliphatic carbocycles. The van der Waals surface area contributed by atoms with Crippen molar-refractivity contribution in [2.75, 3.05) is 13.1 Å². The molecular formula is C50H59F2N3O10. The highest BCUT2D eigenvalue weighted by molar-refractivity contribution is 5.82. The van der Waals surface area contributed by atoms with E-state index in [2.05, 4.69) is 5.32 Å². The number of carbonyl (C=O) groups is 4. The van der Waals surface area contributed by atoms with E-state index in [1.165, 1.54) is 21.9 Å². The molecule has 0 aromatic heterocycles. The van der Waals surface area contributed by atoms with Crippen LogP contribution in [0, 0.1) is 11.6 Å². The third kappa shape index (κ3) is 14.7. The largest absolute Gasteiger partial charge is 0.459 e. The van der Waals surface area contributed by atoms with Crippen LogP contribution in [-0.4, -0.2) is 94.8 Å². The molecule has 3 saturated heterocycles.